The van der Waals surface area contributed by atoms with Crippen molar-refractivity contribution in [1.29, 1.82) is 5.41 Å². The van der Waals surface area contributed by atoms with Crippen LogP contribution in [0.3, 0.4) is 0 Å². The minimum atomic E-state index is -0.543. The number of pyridine rings is 1. The first-order chi connectivity index (χ1) is 8.59. The van der Waals surface area contributed by atoms with Gasteiger partial charge in [0.05, 0.1) is 5.71 Å². The molecule has 0 saturated heterocycles. The van der Waals surface area contributed by atoms with E-state index in [0.29, 0.717) is 22.4 Å². The first kappa shape index (κ1) is 11.8. The number of nitrogens with one attached hydrogen (secondary N) is 1. The largest absolute Gasteiger partial charge is 0.398 e. The van der Waals surface area contributed by atoms with Gasteiger partial charge in [-0.3, -0.25) is 15.2 Å². The van der Waals surface area contributed by atoms with E-state index < -0.39 is 5.91 Å². The molecule has 0 unspecified atom stereocenters. The Kier molecular flexibility index (Phi) is 3.05. The zero-order valence-corrected chi connectivity index (χ0v) is 9.55. The molecule has 5 N–H and O–H groups in total. The molecule has 0 bridgehead atoms. The Morgan fingerprint density at radius 2 is 1.78 bits per heavy atom. The van der Waals surface area contributed by atoms with Gasteiger partial charge in [-0.2, -0.15) is 0 Å². The number of benzene rings is 1. The van der Waals surface area contributed by atoms with Crippen LogP contribution in [-0.2, 0) is 0 Å². The SMILES string of the molecule is N=C(c1ccncc1)c1cc(C(N)=O)ccc1N. The molecular weight excluding hydrogens is 228 g/mol. The molecule has 1 aromatic carbocycles. The Morgan fingerprint density at radius 3 is 2.39 bits per heavy atom. The normalized spacial score (nSPS) is 10.0. The molecule has 2 aromatic rings. The monoisotopic (exact) mass is 240 g/mol. The van der Waals surface area contributed by atoms with Crippen LogP contribution < -0.4 is 11.5 Å². The van der Waals surface area contributed by atoms with Crippen molar-refractivity contribution in [2.75, 3.05) is 5.73 Å². The van der Waals surface area contributed by atoms with E-state index in [2.05, 4.69) is 4.98 Å². The lowest BCUT2D eigenvalue weighted by molar-refractivity contribution is 0.100. The van der Waals surface area contributed by atoms with Gasteiger partial charge in [0.2, 0.25) is 5.91 Å². The van der Waals surface area contributed by atoms with Crippen molar-refractivity contribution < 1.29 is 4.79 Å². The van der Waals surface area contributed by atoms with Crippen molar-refractivity contribution in [2.45, 2.75) is 0 Å². The van der Waals surface area contributed by atoms with Crippen molar-refractivity contribution in [3.05, 3.63) is 59.4 Å². The molecule has 18 heavy (non-hydrogen) atoms. The second-order valence-electron chi connectivity index (χ2n) is 3.78. The van der Waals surface area contributed by atoms with E-state index in [1.165, 1.54) is 6.07 Å². The maximum absolute atomic E-state index is 11.1. The highest BCUT2D eigenvalue weighted by Crippen LogP contribution is 2.18. The lowest BCUT2D eigenvalue weighted by Gasteiger charge is -2.08. The van der Waals surface area contributed by atoms with Gasteiger partial charge in [0.25, 0.3) is 0 Å². The minimum absolute atomic E-state index is 0.234. The Labute approximate surface area is 104 Å². The van der Waals surface area contributed by atoms with Gasteiger partial charge in [-0.15, -0.1) is 0 Å². The number of carbonyl (C=O) groups is 1. The first-order valence-corrected chi connectivity index (χ1v) is 5.28. The third kappa shape index (κ3) is 2.20. The predicted molar refractivity (Wildman–Crippen MR) is 69.5 cm³/mol. The maximum atomic E-state index is 11.1. The molecule has 0 spiro atoms. The van der Waals surface area contributed by atoms with Crippen molar-refractivity contribution in [2.24, 2.45) is 5.73 Å². The van der Waals surface area contributed by atoms with Gasteiger partial charge in [0.15, 0.2) is 0 Å². The molecular formula is C13H12N4O. The van der Waals surface area contributed by atoms with Crippen molar-refractivity contribution >= 4 is 17.3 Å². The third-order valence-electron chi connectivity index (χ3n) is 2.58. The molecule has 0 saturated carbocycles. The number of anilines is 1. The van der Waals surface area contributed by atoms with Crippen LogP contribution in [0.5, 0.6) is 0 Å². The van der Waals surface area contributed by atoms with E-state index in [4.69, 9.17) is 16.9 Å². The summed E-state index contributed by atoms with van der Waals surface area (Å²) in [5.74, 6) is -0.543. The van der Waals surface area contributed by atoms with Gasteiger partial charge in [-0.05, 0) is 30.3 Å². The van der Waals surface area contributed by atoms with Gasteiger partial charge in [-0.25, -0.2) is 0 Å². The van der Waals surface area contributed by atoms with E-state index in [1.54, 1.807) is 36.7 Å². The highest BCUT2D eigenvalue weighted by Gasteiger charge is 2.11. The van der Waals surface area contributed by atoms with Crippen LogP contribution in [0, 0.1) is 5.41 Å². The molecule has 5 nitrogen and oxygen atoms in total. The summed E-state index contributed by atoms with van der Waals surface area (Å²) < 4.78 is 0. The number of rotatable bonds is 3. The number of amides is 1. The Bertz CT molecular complexity index is 608. The molecule has 5 heteroatoms. The fraction of sp³-hybridized carbons (Fsp3) is 0. The molecule has 2 rings (SSSR count). The van der Waals surface area contributed by atoms with Crippen molar-refractivity contribution in [3.63, 3.8) is 0 Å². The Balaban J connectivity index is 2.48. The second-order valence-corrected chi connectivity index (χ2v) is 3.78. The number of nitrogen functional groups attached to an aromatic ring is 1. The van der Waals surface area contributed by atoms with Gasteiger partial charge in [0.1, 0.15) is 0 Å². The smallest absolute Gasteiger partial charge is 0.248 e. The number of hydrogen-bond donors (Lipinski definition) is 3. The molecule has 0 radical (unpaired) electrons. The van der Waals surface area contributed by atoms with Crippen LogP contribution in [0.25, 0.3) is 0 Å². The summed E-state index contributed by atoms with van der Waals surface area (Å²) in [5, 5.41) is 8.09. The van der Waals surface area contributed by atoms with E-state index in [-0.39, 0.29) is 5.71 Å². The van der Waals surface area contributed by atoms with E-state index in [9.17, 15) is 4.79 Å². The first-order valence-electron chi connectivity index (χ1n) is 5.28. The van der Waals surface area contributed by atoms with Crippen molar-refractivity contribution in [3.8, 4) is 0 Å². The summed E-state index contributed by atoms with van der Waals surface area (Å²) in [5.41, 5.74) is 13.2. The maximum Gasteiger partial charge on any atom is 0.248 e. The summed E-state index contributed by atoms with van der Waals surface area (Å²) in [6.07, 6.45) is 3.19. The quantitative estimate of drug-likeness (QED) is 0.554. The summed E-state index contributed by atoms with van der Waals surface area (Å²) in [4.78, 5) is 15.0. The number of hydrogen-bond acceptors (Lipinski definition) is 4. The van der Waals surface area contributed by atoms with Crippen LogP contribution in [0.4, 0.5) is 5.69 Å². The molecule has 0 aliphatic heterocycles. The molecule has 0 atom stereocenters. The molecule has 1 aromatic heterocycles. The summed E-state index contributed by atoms with van der Waals surface area (Å²) in [6.45, 7) is 0. The predicted octanol–water partition coefficient (Wildman–Crippen LogP) is 1.18. The molecule has 0 aliphatic rings. The number of primary amides is 1. The van der Waals surface area contributed by atoms with Crippen LogP contribution in [0.15, 0.2) is 42.7 Å². The van der Waals surface area contributed by atoms with Crippen LogP contribution in [0.1, 0.15) is 21.5 Å². The van der Waals surface area contributed by atoms with Crippen molar-refractivity contribution in [1.82, 2.24) is 4.98 Å². The number of nitrogens with zero attached hydrogens (tertiary/aromatic N) is 1. The summed E-state index contributed by atoms with van der Waals surface area (Å²) >= 11 is 0. The number of aromatic nitrogens is 1. The van der Waals surface area contributed by atoms with Gasteiger partial charge < -0.3 is 11.5 Å². The number of carbonyl (C=O) groups excluding carboxylic acids is 1. The summed E-state index contributed by atoms with van der Waals surface area (Å²) in [7, 11) is 0. The zero-order valence-electron chi connectivity index (χ0n) is 9.55. The zero-order chi connectivity index (χ0) is 13.1. The van der Waals surface area contributed by atoms with Crippen LogP contribution >= 0.6 is 0 Å². The number of nitrogens with two attached hydrogens (primary N) is 2. The van der Waals surface area contributed by atoms with Gasteiger partial charge in [-0.1, -0.05) is 0 Å². The Hall–Kier alpha value is -2.69. The van der Waals surface area contributed by atoms with Crippen LogP contribution in [0.2, 0.25) is 0 Å². The second kappa shape index (κ2) is 4.67. The van der Waals surface area contributed by atoms with Gasteiger partial charge in [0, 0.05) is 34.8 Å². The summed E-state index contributed by atoms with van der Waals surface area (Å²) in [6, 6.07) is 8.06. The molecule has 1 amide bonds. The lowest BCUT2D eigenvalue weighted by atomic mass is 9.99. The third-order valence-corrected chi connectivity index (χ3v) is 2.58. The molecule has 0 aliphatic carbocycles. The topological polar surface area (TPSA) is 106 Å². The Morgan fingerprint density at radius 1 is 1.11 bits per heavy atom. The van der Waals surface area contributed by atoms with E-state index in [0.717, 1.165) is 0 Å². The van der Waals surface area contributed by atoms with E-state index in [1.807, 2.05) is 0 Å². The fourth-order valence-electron chi connectivity index (χ4n) is 1.60. The fourth-order valence-corrected chi connectivity index (χ4v) is 1.60. The average molecular weight is 240 g/mol. The average Bonchev–Trinajstić information content (AvgIpc) is 2.39. The lowest BCUT2D eigenvalue weighted by Crippen LogP contribution is -2.13. The molecule has 90 valence electrons. The van der Waals surface area contributed by atoms with Gasteiger partial charge >= 0.3 is 0 Å². The highest BCUT2D eigenvalue weighted by atomic mass is 16.1. The van der Waals surface area contributed by atoms with E-state index >= 15 is 0 Å². The standard InChI is InChI=1S/C13H12N4O/c14-11-2-1-9(13(16)18)7-10(11)12(15)8-3-5-17-6-4-8/h1-7,15H,14H2,(H2,16,18). The van der Waals surface area contributed by atoms with Crippen LogP contribution in [-0.4, -0.2) is 16.6 Å². The highest BCUT2D eigenvalue weighted by molar-refractivity contribution is 6.14. The minimum Gasteiger partial charge on any atom is -0.398 e. The molecule has 0 fully saturated rings. The molecule has 1 heterocycles.